The third-order valence-corrected chi connectivity index (χ3v) is 3.19. The van der Waals surface area contributed by atoms with Gasteiger partial charge in [-0.25, -0.2) is 4.79 Å². The molecule has 0 amide bonds. The Bertz CT molecular complexity index is 324. The van der Waals surface area contributed by atoms with Crippen LogP contribution in [-0.4, -0.2) is 24.7 Å². The zero-order chi connectivity index (χ0) is 16.0. The molecule has 0 aromatic carbocycles. The lowest BCUT2D eigenvalue weighted by molar-refractivity contribution is -0.141. The monoisotopic (exact) mass is 283 g/mol. The summed E-state index contributed by atoms with van der Waals surface area (Å²) in [5, 5.41) is 3.52. The Morgan fingerprint density at radius 1 is 1.10 bits per heavy atom. The summed E-state index contributed by atoms with van der Waals surface area (Å²) in [5.41, 5.74) is 0.345. The maximum atomic E-state index is 11.2. The van der Waals surface area contributed by atoms with E-state index in [1.807, 2.05) is 0 Å². The second-order valence-corrected chi connectivity index (χ2v) is 8.24. The third-order valence-electron chi connectivity index (χ3n) is 3.19. The molecule has 118 valence electrons. The van der Waals surface area contributed by atoms with Crippen molar-refractivity contribution >= 4 is 5.97 Å². The fourth-order valence-corrected chi connectivity index (χ4v) is 2.54. The average Bonchev–Trinajstić information content (AvgIpc) is 2.22. The maximum Gasteiger partial charge on any atom is 0.330 e. The predicted molar refractivity (Wildman–Crippen MR) is 85.7 cm³/mol. The molecule has 0 rings (SSSR count). The average molecular weight is 283 g/mol. The zero-order valence-electron chi connectivity index (χ0n) is 14.4. The lowest BCUT2D eigenvalue weighted by atomic mass is 9.73. The van der Waals surface area contributed by atoms with Crippen LogP contribution in [0.15, 0.2) is 12.7 Å². The summed E-state index contributed by atoms with van der Waals surface area (Å²) in [5.74, 6) is -0.342. The van der Waals surface area contributed by atoms with Gasteiger partial charge in [-0.1, -0.05) is 34.3 Å². The summed E-state index contributed by atoms with van der Waals surface area (Å²) in [7, 11) is 0. The molecule has 0 spiro atoms. The molecule has 0 aromatic heterocycles. The van der Waals surface area contributed by atoms with Gasteiger partial charge in [-0.15, -0.1) is 0 Å². The predicted octanol–water partition coefficient (Wildman–Crippen LogP) is 3.94. The van der Waals surface area contributed by atoms with Gasteiger partial charge in [-0.3, -0.25) is 0 Å². The standard InChI is InChI=1S/C17H33NO2/c1-9-14(19)20-13-17(7,8)12-16(5,6)10-11-18-15(2,3)4/h9,18H,1,10-13H2,2-8H3. The highest BCUT2D eigenvalue weighted by molar-refractivity contribution is 5.81. The normalized spacial score (nSPS) is 13.2. The van der Waals surface area contributed by atoms with Crippen LogP contribution < -0.4 is 5.32 Å². The molecule has 0 fully saturated rings. The highest BCUT2D eigenvalue weighted by atomic mass is 16.5. The molecule has 3 nitrogen and oxygen atoms in total. The molecule has 0 saturated heterocycles. The van der Waals surface area contributed by atoms with Crippen molar-refractivity contribution in [1.29, 1.82) is 0 Å². The van der Waals surface area contributed by atoms with Gasteiger partial charge in [0.15, 0.2) is 0 Å². The van der Waals surface area contributed by atoms with Crippen LogP contribution in [-0.2, 0) is 9.53 Å². The molecule has 0 aliphatic rings. The van der Waals surface area contributed by atoms with E-state index in [-0.39, 0.29) is 22.3 Å². The van der Waals surface area contributed by atoms with E-state index in [1.165, 1.54) is 6.08 Å². The fourth-order valence-electron chi connectivity index (χ4n) is 2.54. The van der Waals surface area contributed by atoms with Crippen molar-refractivity contribution in [1.82, 2.24) is 5.32 Å². The van der Waals surface area contributed by atoms with E-state index in [2.05, 4.69) is 60.4 Å². The highest BCUT2D eigenvalue weighted by Gasteiger charge is 2.30. The molecule has 0 heterocycles. The molecule has 1 N–H and O–H groups in total. The summed E-state index contributed by atoms with van der Waals surface area (Å²) in [6.45, 7) is 20.2. The minimum Gasteiger partial charge on any atom is -0.462 e. The lowest BCUT2D eigenvalue weighted by Gasteiger charge is -2.35. The molecule has 0 aromatic rings. The molecular formula is C17H33NO2. The van der Waals surface area contributed by atoms with Crippen molar-refractivity contribution in [2.24, 2.45) is 10.8 Å². The van der Waals surface area contributed by atoms with Gasteiger partial charge in [-0.05, 0) is 51.0 Å². The number of rotatable bonds is 8. The molecule has 0 atom stereocenters. The van der Waals surface area contributed by atoms with E-state index in [1.54, 1.807) is 0 Å². The van der Waals surface area contributed by atoms with Gasteiger partial charge in [0.1, 0.15) is 0 Å². The minimum atomic E-state index is -0.342. The molecule has 3 heteroatoms. The van der Waals surface area contributed by atoms with Crippen LogP contribution in [0.4, 0.5) is 0 Å². The third kappa shape index (κ3) is 10.0. The van der Waals surface area contributed by atoms with E-state index >= 15 is 0 Å². The Morgan fingerprint density at radius 2 is 1.65 bits per heavy atom. The first-order valence-electron chi connectivity index (χ1n) is 7.41. The van der Waals surface area contributed by atoms with Gasteiger partial charge in [-0.2, -0.15) is 0 Å². The van der Waals surface area contributed by atoms with Gasteiger partial charge in [0.05, 0.1) is 6.61 Å². The summed E-state index contributed by atoms with van der Waals surface area (Å²) in [4.78, 5) is 11.2. The maximum absolute atomic E-state index is 11.2. The van der Waals surface area contributed by atoms with Crippen LogP contribution in [0.2, 0.25) is 0 Å². The van der Waals surface area contributed by atoms with Gasteiger partial charge >= 0.3 is 5.97 Å². The number of hydrogen-bond donors (Lipinski definition) is 1. The Kier molecular flexibility index (Phi) is 6.96. The number of hydrogen-bond acceptors (Lipinski definition) is 3. The van der Waals surface area contributed by atoms with E-state index in [0.717, 1.165) is 19.4 Å². The van der Waals surface area contributed by atoms with Crippen molar-refractivity contribution in [2.75, 3.05) is 13.2 Å². The van der Waals surface area contributed by atoms with Crippen LogP contribution in [0.25, 0.3) is 0 Å². The Balaban J connectivity index is 4.27. The Hall–Kier alpha value is -0.830. The van der Waals surface area contributed by atoms with E-state index in [0.29, 0.717) is 6.61 Å². The molecule has 0 unspecified atom stereocenters. The van der Waals surface area contributed by atoms with Crippen molar-refractivity contribution < 1.29 is 9.53 Å². The summed E-state index contributed by atoms with van der Waals surface area (Å²) >= 11 is 0. The van der Waals surface area contributed by atoms with Gasteiger partial charge in [0, 0.05) is 11.6 Å². The summed E-state index contributed by atoms with van der Waals surface area (Å²) in [6, 6.07) is 0. The molecule has 0 radical (unpaired) electrons. The van der Waals surface area contributed by atoms with Crippen LogP contribution in [0.1, 0.15) is 61.3 Å². The molecule has 20 heavy (non-hydrogen) atoms. The second kappa shape index (κ2) is 7.26. The molecule has 0 aliphatic heterocycles. The van der Waals surface area contributed by atoms with E-state index in [9.17, 15) is 4.79 Å². The highest BCUT2D eigenvalue weighted by Crippen LogP contribution is 2.36. The van der Waals surface area contributed by atoms with Crippen LogP contribution in [0, 0.1) is 10.8 Å². The first kappa shape index (κ1) is 19.2. The molecule has 0 saturated carbocycles. The Labute approximate surface area is 125 Å². The first-order chi connectivity index (χ1) is 8.87. The van der Waals surface area contributed by atoms with Crippen molar-refractivity contribution in [3.8, 4) is 0 Å². The number of esters is 1. The van der Waals surface area contributed by atoms with Gasteiger partial charge < -0.3 is 10.1 Å². The molecule has 0 bridgehead atoms. The number of carbonyl (C=O) groups is 1. The van der Waals surface area contributed by atoms with Gasteiger partial charge in [0.2, 0.25) is 0 Å². The van der Waals surface area contributed by atoms with Crippen LogP contribution >= 0.6 is 0 Å². The van der Waals surface area contributed by atoms with Crippen LogP contribution in [0.3, 0.4) is 0 Å². The first-order valence-corrected chi connectivity index (χ1v) is 7.41. The number of carbonyl (C=O) groups excluding carboxylic acids is 1. The van der Waals surface area contributed by atoms with Crippen molar-refractivity contribution in [2.45, 2.75) is 66.8 Å². The SMILES string of the molecule is C=CC(=O)OCC(C)(C)CC(C)(C)CCNC(C)(C)C. The largest absolute Gasteiger partial charge is 0.462 e. The quantitative estimate of drug-likeness (QED) is 0.542. The Morgan fingerprint density at radius 3 is 2.10 bits per heavy atom. The summed E-state index contributed by atoms with van der Waals surface area (Å²) < 4.78 is 5.19. The van der Waals surface area contributed by atoms with Gasteiger partial charge in [0.25, 0.3) is 0 Å². The zero-order valence-corrected chi connectivity index (χ0v) is 14.4. The minimum absolute atomic E-state index is 0.0239. The van der Waals surface area contributed by atoms with Crippen LogP contribution in [0.5, 0.6) is 0 Å². The summed E-state index contributed by atoms with van der Waals surface area (Å²) in [6.07, 6.45) is 3.33. The topological polar surface area (TPSA) is 38.3 Å². The lowest BCUT2D eigenvalue weighted by Crippen LogP contribution is -2.38. The van der Waals surface area contributed by atoms with E-state index < -0.39 is 0 Å². The fraction of sp³-hybridized carbons (Fsp3) is 0.824. The van der Waals surface area contributed by atoms with Crippen molar-refractivity contribution in [3.05, 3.63) is 12.7 Å². The number of nitrogens with one attached hydrogen (secondary N) is 1. The van der Waals surface area contributed by atoms with E-state index in [4.69, 9.17) is 4.74 Å². The van der Waals surface area contributed by atoms with Crippen molar-refractivity contribution in [3.63, 3.8) is 0 Å². The second-order valence-electron chi connectivity index (χ2n) is 8.24. The molecule has 0 aliphatic carbocycles. The number of ether oxygens (including phenoxy) is 1. The molecular weight excluding hydrogens is 250 g/mol. The smallest absolute Gasteiger partial charge is 0.330 e.